The maximum atomic E-state index is 13.2. The summed E-state index contributed by atoms with van der Waals surface area (Å²) in [5.74, 6) is -2.25. The molecule has 3 rings (SSSR count). The number of amides is 2. The van der Waals surface area contributed by atoms with Crippen LogP contribution >= 0.6 is 0 Å². The molecule has 0 spiro atoms. The van der Waals surface area contributed by atoms with Gasteiger partial charge in [-0.2, -0.15) is 5.10 Å². The quantitative estimate of drug-likeness (QED) is 0.342. The molecule has 2 aromatic carbocycles. The topological polar surface area (TPSA) is 102 Å². The van der Waals surface area contributed by atoms with Crippen LogP contribution < -0.4 is 10.9 Å². The normalized spacial score (nSPS) is 10.8. The van der Waals surface area contributed by atoms with Crippen molar-refractivity contribution >= 4 is 23.9 Å². The van der Waals surface area contributed by atoms with Gasteiger partial charge in [0.25, 0.3) is 11.8 Å². The van der Waals surface area contributed by atoms with Crippen molar-refractivity contribution in [1.29, 1.82) is 0 Å². The number of nitrogens with zero attached hydrogens (tertiary/aromatic N) is 2. The fourth-order valence-corrected chi connectivity index (χ4v) is 3.01. The van der Waals surface area contributed by atoms with Crippen molar-refractivity contribution in [3.05, 3.63) is 88.5 Å². The van der Waals surface area contributed by atoms with Gasteiger partial charge in [-0.1, -0.05) is 17.7 Å². The van der Waals surface area contributed by atoms with E-state index < -0.39 is 24.4 Å². The van der Waals surface area contributed by atoms with E-state index in [-0.39, 0.29) is 5.82 Å². The molecule has 3 aromatic rings. The zero-order valence-corrected chi connectivity index (χ0v) is 18.4. The number of carbonyl (C=O) groups excluding carboxylic acids is 3. The number of benzene rings is 2. The smallest absolute Gasteiger partial charge is 0.331 e. The minimum absolute atomic E-state index is 0.345. The lowest BCUT2D eigenvalue weighted by atomic mass is 10.1. The summed E-state index contributed by atoms with van der Waals surface area (Å²) in [6.07, 6.45) is 2.72. The summed E-state index contributed by atoms with van der Waals surface area (Å²) in [4.78, 5) is 35.8. The van der Waals surface area contributed by atoms with E-state index in [1.165, 1.54) is 24.3 Å². The van der Waals surface area contributed by atoms with E-state index in [0.717, 1.165) is 11.3 Å². The number of nitrogens with one attached hydrogen (secondary N) is 2. The van der Waals surface area contributed by atoms with Crippen LogP contribution in [0, 0.1) is 26.6 Å². The van der Waals surface area contributed by atoms with Crippen molar-refractivity contribution in [2.45, 2.75) is 20.8 Å². The van der Waals surface area contributed by atoms with Crippen LogP contribution in [0.4, 0.5) is 4.39 Å². The van der Waals surface area contributed by atoms with Crippen molar-refractivity contribution in [2.24, 2.45) is 0 Å². The minimum Gasteiger partial charge on any atom is -0.452 e. The number of aryl methyl sites for hydroxylation is 2. The molecule has 33 heavy (non-hydrogen) atoms. The number of hydrogen-bond acceptors (Lipinski definition) is 5. The zero-order valence-electron chi connectivity index (χ0n) is 18.4. The first-order valence-corrected chi connectivity index (χ1v) is 10.1. The maximum absolute atomic E-state index is 13.2. The number of rotatable bonds is 6. The van der Waals surface area contributed by atoms with Gasteiger partial charge >= 0.3 is 5.97 Å². The molecule has 2 N–H and O–H groups in total. The van der Waals surface area contributed by atoms with Gasteiger partial charge in [0.05, 0.1) is 11.4 Å². The molecule has 1 aromatic heterocycles. The largest absolute Gasteiger partial charge is 0.452 e. The van der Waals surface area contributed by atoms with E-state index in [9.17, 15) is 18.8 Å². The Morgan fingerprint density at radius 3 is 2.33 bits per heavy atom. The third-order valence-electron chi connectivity index (χ3n) is 4.78. The molecule has 0 radical (unpaired) electrons. The number of aromatic nitrogens is 2. The number of carbonyl (C=O) groups is 3. The van der Waals surface area contributed by atoms with Gasteiger partial charge in [0.15, 0.2) is 6.61 Å². The lowest BCUT2D eigenvalue weighted by Crippen LogP contribution is -2.43. The van der Waals surface area contributed by atoms with Crippen molar-refractivity contribution in [3.63, 3.8) is 0 Å². The fourth-order valence-electron chi connectivity index (χ4n) is 3.01. The molecule has 0 atom stereocenters. The Bertz CT molecular complexity index is 1200. The Morgan fingerprint density at radius 1 is 1.00 bits per heavy atom. The van der Waals surface area contributed by atoms with Crippen molar-refractivity contribution in [3.8, 4) is 5.69 Å². The van der Waals surface area contributed by atoms with E-state index in [2.05, 4.69) is 16.0 Å². The number of esters is 1. The molecule has 1 heterocycles. The first-order chi connectivity index (χ1) is 15.7. The third kappa shape index (κ3) is 6.13. The molecule has 0 fully saturated rings. The molecule has 0 bridgehead atoms. The van der Waals surface area contributed by atoms with E-state index in [1.54, 1.807) is 48.0 Å². The minimum atomic E-state index is -0.733. The molecule has 0 aliphatic heterocycles. The molecule has 170 valence electrons. The van der Waals surface area contributed by atoms with Crippen LogP contribution in [-0.2, 0) is 14.3 Å². The van der Waals surface area contributed by atoms with Crippen molar-refractivity contribution < 1.29 is 23.5 Å². The monoisotopic (exact) mass is 450 g/mol. The summed E-state index contributed by atoms with van der Waals surface area (Å²) >= 11 is 0. The van der Waals surface area contributed by atoms with E-state index >= 15 is 0 Å². The predicted molar refractivity (Wildman–Crippen MR) is 120 cm³/mol. The number of hydrazine groups is 1. The van der Waals surface area contributed by atoms with E-state index in [1.807, 2.05) is 13.8 Å². The first-order valence-electron chi connectivity index (χ1n) is 10.1. The van der Waals surface area contributed by atoms with Gasteiger partial charge in [0.2, 0.25) is 0 Å². The fraction of sp³-hybridized carbons (Fsp3) is 0.167. The lowest BCUT2D eigenvalue weighted by Gasteiger charge is -2.07. The molecule has 0 unspecified atom stereocenters. The summed E-state index contributed by atoms with van der Waals surface area (Å²) in [5, 5.41) is 4.42. The first kappa shape index (κ1) is 23.4. The maximum Gasteiger partial charge on any atom is 0.331 e. The Hall–Kier alpha value is -4.27. The second-order valence-corrected chi connectivity index (χ2v) is 7.28. The Kier molecular flexibility index (Phi) is 7.34. The van der Waals surface area contributed by atoms with Gasteiger partial charge in [-0.25, -0.2) is 13.9 Å². The number of halogens is 1. The lowest BCUT2D eigenvalue weighted by molar-refractivity contribution is -0.144. The Balaban J connectivity index is 1.52. The van der Waals surface area contributed by atoms with Crippen LogP contribution in [0.5, 0.6) is 0 Å². The highest BCUT2D eigenvalue weighted by Crippen LogP contribution is 2.19. The molecule has 8 nitrogen and oxygen atoms in total. The molecular formula is C24H23FN4O4. The Labute approximate surface area is 190 Å². The zero-order chi connectivity index (χ0) is 24.0. The van der Waals surface area contributed by atoms with Crippen molar-refractivity contribution in [1.82, 2.24) is 20.6 Å². The van der Waals surface area contributed by atoms with Gasteiger partial charge in [-0.3, -0.25) is 20.4 Å². The highest BCUT2D eigenvalue weighted by atomic mass is 19.1. The van der Waals surface area contributed by atoms with Gasteiger partial charge in [0, 0.05) is 22.9 Å². The van der Waals surface area contributed by atoms with Gasteiger partial charge in [0.1, 0.15) is 5.82 Å². The average Bonchev–Trinajstić information content (AvgIpc) is 3.08. The Morgan fingerprint density at radius 2 is 1.67 bits per heavy atom. The standard InChI is InChI=1S/C24H23FN4O4/c1-15-4-6-18(7-5-15)24(32)27-26-22(30)14-33-23(31)13-12-21-16(2)28-29(17(21)3)20-10-8-19(25)9-11-20/h4-13H,14H2,1-3H3,(H,26,30)(H,27,32)/b13-12+. The van der Waals surface area contributed by atoms with Crippen LogP contribution in [0.1, 0.15) is 32.9 Å². The van der Waals surface area contributed by atoms with Crippen LogP contribution in [0.25, 0.3) is 11.8 Å². The van der Waals surface area contributed by atoms with Crippen LogP contribution in [0.2, 0.25) is 0 Å². The third-order valence-corrected chi connectivity index (χ3v) is 4.78. The summed E-state index contributed by atoms with van der Waals surface area (Å²) < 4.78 is 19.7. The van der Waals surface area contributed by atoms with E-state index in [4.69, 9.17) is 4.74 Å². The van der Waals surface area contributed by atoms with E-state index in [0.29, 0.717) is 22.5 Å². The molecule has 0 saturated heterocycles. The summed E-state index contributed by atoms with van der Waals surface area (Å²) in [6.45, 7) is 4.93. The summed E-state index contributed by atoms with van der Waals surface area (Å²) in [7, 11) is 0. The van der Waals surface area contributed by atoms with Crippen LogP contribution in [0.15, 0.2) is 54.6 Å². The predicted octanol–water partition coefficient (Wildman–Crippen LogP) is 2.95. The number of hydrogen-bond donors (Lipinski definition) is 2. The van der Waals surface area contributed by atoms with Gasteiger partial charge in [-0.05, 0) is 63.2 Å². The molecule has 9 heteroatoms. The van der Waals surface area contributed by atoms with Crippen LogP contribution in [-0.4, -0.2) is 34.2 Å². The second-order valence-electron chi connectivity index (χ2n) is 7.28. The van der Waals surface area contributed by atoms with Crippen molar-refractivity contribution in [2.75, 3.05) is 6.61 Å². The SMILES string of the molecule is Cc1ccc(C(=O)NNC(=O)COC(=O)/C=C/c2c(C)nn(-c3ccc(F)cc3)c2C)cc1. The highest BCUT2D eigenvalue weighted by Gasteiger charge is 2.12. The van der Waals surface area contributed by atoms with Gasteiger partial charge in [-0.15, -0.1) is 0 Å². The molecule has 2 amide bonds. The molecule has 0 aliphatic rings. The second kappa shape index (κ2) is 10.4. The van der Waals surface area contributed by atoms with Crippen LogP contribution in [0.3, 0.4) is 0 Å². The average molecular weight is 450 g/mol. The molecule has 0 saturated carbocycles. The van der Waals surface area contributed by atoms with Gasteiger partial charge < -0.3 is 4.74 Å². The summed E-state index contributed by atoms with van der Waals surface area (Å²) in [6, 6.07) is 12.7. The summed E-state index contributed by atoms with van der Waals surface area (Å²) in [5.41, 5.74) is 8.63. The molecular weight excluding hydrogens is 427 g/mol. The number of ether oxygens (including phenoxy) is 1. The molecule has 0 aliphatic carbocycles. The highest BCUT2D eigenvalue weighted by molar-refractivity contribution is 5.95.